The number of carbonyl (C=O) groups is 1. The molecule has 0 radical (unpaired) electrons. The second-order valence-electron chi connectivity index (χ2n) is 6.16. The first-order valence-electron chi connectivity index (χ1n) is 8.25. The predicted molar refractivity (Wildman–Crippen MR) is 104 cm³/mol. The van der Waals surface area contributed by atoms with Crippen molar-refractivity contribution in [1.82, 2.24) is 14.7 Å². The number of rotatable bonds is 6. The van der Waals surface area contributed by atoms with Crippen molar-refractivity contribution in [3.8, 4) is 0 Å². The molecule has 0 bridgehead atoms. The van der Waals surface area contributed by atoms with Gasteiger partial charge in [0.25, 0.3) is 0 Å². The summed E-state index contributed by atoms with van der Waals surface area (Å²) < 4.78 is 1.87. The molecule has 0 aliphatic carbocycles. The van der Waals surface area contributed by atoms with E-state index < -0.39 is 0 Å². The highest BCUT2D eigenvalue weighted by atomic mass is 35.5. The van der Waals surface area contributed by atoms with Crippen LogP contribution in [0.4, 0.5) is 0 Å². The maximum absolute atomic E-state index is 12.5. The molecule has 0 saturated carbocycles. The maximum atomic E-state index is 12.5. The zero-order valence-electron chi connectivity index (χ0n) is 14.4. The summed E-state index contributed by atoms with van der Waals surface area (Å²) in [4.78, 5) is 14.2. The van der Waals surface area contributed by atoms with Crippen molar-refractivity contribution in [2.45, 2.75) is 19.5 Å². The molecule has 0 aliphatic rings. The molecular weight excluding hydrogens is 369 g/mol. The van der Waals surface area contributed by atoms with E-state index in [-0.39, 0.29) is 12.3 Å². The number of halogens is 2. The number of hydrogen-bond acceptors (Lipinski definition) is 2. The summed E-state index contributed by atoms with van der Waals surface area (Å²) in [7, 11) is 1.77. The number of nitrogens with zero attached hydrogens (tertiary/aromatic N) is 3. The summed E-state index contributed by atoms with van der Waals surface area (Å²) in [5, 5.41) is 5.39. The van der Waals surface area contributed by atoms with Gasteiger partial charge < -0.3 is 4.90 Å². The Kier molecular flexibility index (Phi) is 5.96. The van der Waals surface area contributed by atoms with E-state index in [1.165, 1.54) is 5.56 Å². The Morgan fingerprint density at radius 2 is 1.73 bits per heavy atom. The third kappa shape index (κ3) is 4.65. The van der Waals surface area contributed by atoms with E-state index in [1.54, 1.807) is 36.3 Å². The highest BCUT2D eigenvalue weighted by Gasteiger charge is 2.15. The Balaban J connectivity index is 1.61. The number of benzene rings is 2. The number of carbonyl (C=O) groups excluding carboxylic acids is 1. The maximum Gasteiger partial charge on any atom is 0.227 e. The van der Waals surface area contributed by atoms with E-state index in [0.29, 0.717) is 28.7 Å². The van der Waals surface area contributed by atoms with E-state index in [1.807, 2.05) is 29.1 Å². The van der Waals surface area contributed by atoms with Gasteiger partial charge in [-0.05, 0) is 23.3 Å². The summed E-state index contributed by atoms with van der Waals surface area (Å²) >= 11 is 12.3. The van der Waals surface area contributed by atoms with Gasteiger partial charge in [0.1, 0.15) is 0 Å². The lowest BCUT2D eigenvalue weighted by molar-refractivity contribution is -0.129. The molecule has 0 N–H and O–H groups in total. The minimum absolute atomic E-state index is 0.0455. The van der Waals surface area contributed by atoms with Crippen molar-refractivity contribution in [1.29, 1.82) is 0 Å². The molecule has 6 heteroatoms. The number of amides is 1. The van der Waals surface area contributed by atoms with Crippen LogP contribution in [0.1, 0.15) is 16.7 Å². The smallest absolute Gasteiger partial charge is 0.227 e. The third-order valence-electron chi connectivity index (χ3n) is 4.11. The van der Waals surface area contributed by atoms with E-state index in [4.69, 9.17) is 23.2 Å². The highest BCUT2D eigenvalue weighted by molar-refractivity contribution is 6.36. The zero-order chi connectivity index (χ0) is 18.5. The number of likely N-dealkylation sites (N-methyl/N-ethyl adjacent to an activating group) is 1. The molecule has 134 valence electrons. The molecule has 3 rings (SSSR count). The van der Waals surface area contributed by atoms with Gasteiger partial charge in [-0.25, -0.2) is 0 Å². The average Bonchev–Trinajstić information content (AvgIpc) is 3.05. The highest BCUT2D eigenvalue weighted by Crippen LogP contribution is 2.25. The van der Waals surface area contributed by atoms with Gasteiger partial charge in [0.15, 0.2) is 0 Å². The van der Waals surface area contributed by atoms with Crippen LogP contribution in [0.2, 0.25) is 10.0 Å². The molecule has 0 unspecified atom stereocenters. The van der Waals surface area contributed by atoms with E-state index >= 15 is 0 Å². The summed E-state index contributed by atoms with van der Waals surface area (Å²) in [6.45, 7) is 1.18. The molecule has 0 atom stereocenters. The Bertz CT molecular complexity index is 873. The van der Waals surface area contributed by atoms with Crippen LogP contribution in [0.15, 0.2) is 60.9 Å². The minimum atomic E-state index is -0.0455. The van der Waals surface area contributed by atoms with Gasteiger partial charge >= 0.3 is 0 Å². The van der Waals surface area contributed by atoms with Crippen LogP contribution in [-0.4, -0.2) is 27.6 Å². The van der Waals surface area contributed by atoms with Crippen molar-refractivity contribution < 1.29 is 4.79 Å². The van der Waals surface area contributed by atoms with E-state index in [2.05, 4.69) is 17.2 Å². The van der Waals surface area contributed by atoms with Gasteiger partial charge in [0.05, 0.1) is 19.2 Å². The van der Waals surface area contributed by atoms with Crippen molar-refractivity contribution in [3.05, 3.63) is 87.7 Å². The van der Waals surface area contributed by atoms with Crippen LogP contribution in [0, 0.1) is 0 Å². The number of aromatic nitrogens is 2. The van der Waals surface area contributed by atoms with E-state index in [0.717, 1.165) is 5.56 Å². The van der Waals surface area contributed by atoms with Crippen LogP contribution in [0.3, 0.4) is 0 Å². The van der Waals surface area contributed by atoms with Gasteiger partial charge in [-0.1, -0.05) is 59.6 Å². The van der Waals surface area contributed by atoms with Gasteiger partial charge in [-0.2, -0.15) is 5.10 Å². The first-order chi connectivity index (χ1) is 12.5. The van der Waals surface area contributed by atoms with Crippen molar-refractivity contribution in [3.63, 3.8) is 0 Å². The molecule has 1 aromatic heterocycles. The fourth-order valence-corrected chi connectivity index (χ4v) is 3.23. The fraction of sp³-hybridized carbons (Fsp3) is 0.200. The molecular formula is C20H19Cl2N3O. The molecule has 0 fully saturated rings. The van der Waals surface area contributed by atoms with Crippen LogP contribution < -0.4 is 0 Å². The minimum Gasteiger partial charge on any atom is -0.341 e. The lowest BCUT2D eigenvalue weighted by atomic mass is 10.1. The Morgan fingerprint density at radius 3 is 2.42 bits per heavy atom. The van der Waals surface area contributed by atoms with Crippen molar-refractivity contribution in [2.75, 3.05) is 7.05 Å². The van der Waals surface area contributed by atoms with Crippen LogP contribution >= 0.6 is 23.2 Å². The normalized spacial score (nSPS) is 10.7. The topological polar surface area (TPSA) is 38.1 Å². The summed E-state index contributed by atoms with van der Waals surface area (Å²) in [6.07, 6.45) is 3.92. The zero-order valence-corrected chi connectivity index (χ0v) is 15.9. The van der Waals surface area contributed by atoms with Gasteiger partial charge in [0.2, 0.25) is 5.91 Å². The van der Waals surface area contributed by atoms with Crippen molar-refractivity contribution >= 4 is 29.1 Å². The first kappa shape index (κ1) is 18.5. The van der Waals surface area contributed by atoms with Crippen LogP contribution in [-0.2, 0) is 24.3 Å². The molecule has 26 heavy (non-hydrogen) atoms. The largest absolute Gasteiger partial charge is 0.341 e. The number of hydrogen-bond donors (Lipinski definition) is 0. The standard InChI is InChI=1S/C20H19Cl2N3O/c1-24(20(26)10-17-18(21)8-5-9-19(17)22)12-16-11-23-25(14-16)13-15-6-3-2-4-7-15/h2-9,11,14H,10,12-13H2,1H3. The monoisotopic (exact) mass is 387 g/mol. The Hall–Kier alpha value is -2.30. The van der Waals surface area contributed by atoms with Gasteiger partial charge in [-0.3, -0.25) is 9.48 Å². The molecule has 1 heterocycles. The quantitative estimate of drug-likeness (QED) is 0.626. The first-order valence-corrected chi connectivity index (χ1v) is 9.00. The Labute approximate surface area is 163 Å². The second-order valence-corrected chi connectivity index (χ2v) is 6.97. The van der Waals surface area contributed by atoms with Crippen LogP contribution in [0.5, 0.6) is 0 Å². The fourth-order valence-electron chi connectivity index (χ4n) is 2.69. The van der Waals surface area contributed by atoms with Crippen LogP contribution in [0.25, 0.3) is 0 Å². The van der Waals surface area contributed by atoms with Gasteiger partial charge in [-0.15, -0.1) is 0 Å². The average molecular weight is 388 g/mol. The SMILES string of the molecule is CN(Cc1cnn(Cc2ccccc2)c1)C(=O)Cc1c(Cl)cccc1Cl. The lowest BCUT2D eigenvalue weighted by Crippen LogP contribution is -2.27. The van der Waals surface area contributed by atoms with Gasteiger partial charge in [0, 0.05) is 35.4 Å². The molecule has 0 saturated heterocycles. The third-order valence-corrected chi connectivity index (χ3v) is 4.82. The molecule has 1 amide bonds. The summed E-state index contributed by atoms with van der Waals surface area (Å²) in [5.41, 5.74) is 2.81. The predicted octanol–water partition coefficient (Wildman–Crippen LogP) is 4.44. The second kappa shape index (κ2) is 8.39. The summed E-state index contributed by atoms with van der Waals surface area (Å²) in [6, 6.07) is 15.4. The molecule has 0 aliphatic heterocycles. The molecule has 2 aromatic carbocycles. The lowest BCUT2D eigenvalue weighted by Gasteiger charge is -2.17. The molecule has 0 spiro atoms. The molecule has 4 nitrogen and oxygen atoms in total. The summed E-state index contributed by atoms with van der Waals surface area (Å²) in [5.74, 6) is -0.0455. The Morgan fingerprint density at radius 1 is 1.04 bits per heavy atom. The van der Waals surface area contributed by atoms with Crippen molar-refractivity contribution in [2.24, 2.45) is 0 Å². The molecule has 3 aromatic rings. The van der Waals surface area contributed by atoms with E-state index in [9.17, 15) is 4.79 Å².